The quantitative estimate of drug-likeness (QED) is 0.394. The minimum Gasteiger partial charge on any atom is -0.462 e. The molecule has 7 nitrogen and oxygen atoms in total. The number of nitrogens with zero attached hydrogens (tertiary/aromatic N) is 3. The highest BCUT2D eigenvalue weighted by Crippen LogP contribution is 2.35. The largest absolute Gasteiger partial charge is 0.462 e. The van der Waals surface area contributed by atoms with Crippen molar-refractivity contribution in [3.63, 3.8) is 0 Å². The zero-order chi connectivity index (χ0) is 18.8. The van der Waals surface area contributed by atoms with Crippen molar-refractivity contribution in [1.82, 2.24) is 9.55 Å². The lowest BCUT2D eigenvalue weighted by atomic mass is 10.2. The van der Waals surface area contributed by atoms with Crippen molar-refractivity contribution in [1.29, 1.82) is 5.26 Å². The molecule has 0 saturated carbocycles. The monoisotopic (exact) mass is 406 g/mol. The summed E-state index contributed by atoms with van der Waals surface area (Å²) < 4.78 is 7.12. The Morgan fingerprint density at radius 2 is 2.31 bits per heavy atom. The molecule has 0 atom stereocenters. The minimum absolute atomic E-state index is 0.122. The predicted molar refractivity (Wildman–Crippen MR) is 104 cm³/mol. The number of carbonyl (C=O) groups is 1. The third-order valence-electron chi connectivity index (χ3n) is 3.60. The molecule has 0 amide bonds. The van der Waals surface area contributed by atoms with Gasteiger partial charge in [-0.15, -0.1) is 22.7 Å². The number of nitrogen functional groups attached to an aromatic ring is 1. The fraction of sp³-hybridized carbons (Fsp3) is 0.250. The molecule has 3 aromatic rings. The Hall–Kier alpha value is -2.35. The van der Waals surface area contributed by atoms with Crippen molar-refractivity contribution in [2.24, 2.45) is 7.05 Å². The second-order valence-corrected chi connectivity index (χ2v) is 8.07. The van der Waals surface area contributed by atoms with E-state index in [0.29, 0.717) is 25.8 Å². The molecule has 3 heterocycles. The maximum Gasteiger partial charge on any atom is 0.348 e. The Kier molecular flexibility index (Phi) is 5.31. The molecule has 0 aromatic carbocycles. The van der Waals surface area contributed by atoms with Crippen LogP contribution in [0.2, 0.25) is 0 Å². The maximum atomic E-state index is 12.4. The van der Waals surface area contributed by atoms with E-state index in [4.69, 9.17) is 10.5 Å². The Morgan fingerprint density at radius 1 is 1.54 bits per heavy atom. The van der Waals surface area contributed by atoms with Gasteiger partial charge < -0.3 is 10.5 Å². The number of hydrogen-bond donors (Lipinski definition) is 1. The van der Waals surface area contributed by atoms with Gasteiger partial charge in [0.1, 0.15) is 20.6 Å². The molecule has 0 bridgehead atoms. The molecule has 2 N–H and O–H groups in total. The molecule has 0 aliphatic heterocycles. The zero-order valence-corrected chi connectivity index (χ0v) is 16.4. The number of thiophene rings is 2. The fourth-order valence-electron chi connectivity index (χ4n) is 2.34. The highest BCUT2D eigenvalue weighted by Gasteiger charge is 2.23. The highest BCUT2D eigenvalue weighted by atomic mass is 32.2. The molecule has 0 aliphatic carbocycles. The minimum atomic E-state index is -0.503. The van der Waals surface area contributed by atoms with Crippen molar-refractivity contribution in [2.45, 2.75) is 17.8 Å². The third-order valence-corrected chi connectivity index (χ3v) is 6.59. The second-order valence-electron chi connectivity index (χ2n) is 5.16. The fourth-order valence-corrected chi connectivity index (χ4v) is 5.17. The Morgan fingerprint density at radius 3 is 3.00 bits per heavy atom. The number of fused-ring (bicyclic) bond motifs is 1. The van der Waals surface area contributed by atoms with Gasteiger partial charge in [-0.3, -0.25) is 9.36 Å². The van der Waals surface area contributed by atoms with Gasteiger partial charge in [-0.2, -0.15) is 5.26 Å². The van der Waals surface area contributed by atoms with Crippen molar-refractivity contribution in [3.05, 3.63) is 37.8 Å². The molecule has 134 valence electrons. The van der Waals surface area contributed by atoms with E-state index in [1.807, 2.05) is 11.4 Å². The van der Waals surface area contributed by atoms with Gasteiger partial charge >= 0.3 is 5.97 Å². The summed E-state index contributed by atoms with van der Waals surface area (Å²) in [5.41, 5.74) is 7.18. The van der Waals surface area contributed by atoms with Gasteiger partial charge in [0, 0.05) is 18.4 Å². The summed E-state index contributed by atoms with van der Waals surface area (Å²) >= 11 is 3.66. The van der Waals surface area contributed by atoms with Crippen LogP contribution in [-0.4, -0.2) is 22.1 Å². The summed E-state index contributed by atoms with van der Waals surface area (Å²) in [6.45, 7) is 1.94. The van der Waals surface area contributed by atoms with E-state index in [-0.39, 0.29) is 28.5 Å². The predicted octanol–water partition coefficient (Wildman–Crippen LogP) is 2.98. The molecule has 0 unspecified atom stereocenters. The number of aromatic nitrogens is 2. The first-order valence-electron chi connectivity index (χ1n) is 7.53. The molecule has 0 fully saturated rings. The number of thioether (sulfide) groups is 1. The number of hydrogen-bond acceptors (Lipinski definition) is 9. The van der Waals surface area contributed by atoms with Gasteiger partial charge in [0.15, 0.2) is 5.16 Å². The van der Waals surface area contributed by atoms with Crippen LogP contribution in [0.25, 0.3) is 10.2 Å². The van der Waals surface area contributed by atoms with Gasteiger partial charge in [-0.1, -0.05) is 11.8 Å². The summed E-state index contributed by atoms with van der Waals surface area (Å²) in [4.78, 5) is 29.4. The molecule has 3 aromatic heterocycles. The first kappa shape index (κ1) is 18.4. The van der Waals surface area contributed by atoms with E-state index in [1.54, 1.807) is 20.0 Å². The third kappa shape index (κ3) is 3.21. The van der Waals surface area contributed by atoms with Gasteiger partial charge in [-0.25, -0.2) is 9.78 Å². The Labute approximate surface area is 161 Å². The van der Waals surface area contributed by atoms with Crippen molar-refractivity contribution in [3.8, 4) is 6.07 Å². The van der Waals surface area contributed by atoms with E-state index in [0.717, 1.165) is 11.3 Å². The van der Waals surface area contributed by atoms with Crippen LogP contribution >= 0.6 is 34.4 Å². The van der Waals surface area contributed by atoms with Crippen LogP contribution in [0.5, 0.6) is 0 Å². The first-order valence-corrected chi connectivity index (χ1v) is 10.2. The Bertz CT molecular complexity index is 1090. The van der Waals surface area contributed by atoms with Gasteiger partial charge in [0.2, 0.25) is 0 Å². The lowest BCUT2D eigenvalue weighted by Crippen LogP contribution is -2.18. The average molecular weight is 407 g/mol. The van der Waals surface area contributed by atoms with Crippen LogP contribution in [0.1, 0.15) is 27.7 Å². The molecule has 0 spiro atoms. The van der Waals surface area contributed by atoms with Gasteiger partial charge in [0.25, 0.3) is 5.56 Å². The molecule has 0 radical (unpaired) electrons. The maximum absolute atomic E-state index is 12.4. The highest BCUT2D eigenvalue weighted by molar-refractivity contribution is 7.98. The number of anilines is 1. The number of nitriles is 1. The van der Waals surface area contributed by atoms with E-state index >= 15 is 0 Å². The molecule has 3 rings (SSSR count). The summed E-state index contributed by atoms with van der Waals surface area (Å²) in [5, 5.41) is 12.0. The topological polar surface area (TPSA) is 111 Å². The van der Waals surface area contributed by atoms with E-state index in [2.05, 4.69) is 4.98 Å². The molecule has 10 heteroatoms. The van der Waals surface area contributed by atoms with E-state index in [1.165, 1.54) is 27.7 Å². The zero-order valence-electron chi connectivity index (χ0n) is 13.9. The van der Waals surface area contributed by atoms with Crippen molar-refractivity contribution >= 4 is 55.6 Å². The summed E-state index contributed by atoms with van der Waals surface area (Å²) in [7, 11) is 1.65. The molecular formula is C16H14N4O3S3. The normalized spacial score (nSPS) is 10.8. The summed E-state index contributed by atoms with van der Waals surface area (Å²) in [5.74, 6) is -0.225. The lowest BCUT2D eigenvalue weighted by Gasteiger charge is -2.08. The lowest BCUT2D eigenvalue weighted by molar-refractivity contribution is 0.0531. The standard InChI is InChI=1S/C16H14N4O3S3/c1-3-23-15(22)11-9(8(6-17)13(18)26-11)7-25-16-19-10-4-5-24-12(10)14(21)20(16)2/h4-5H,3,7,18H2,1-2H3. The number of nitrogens with two attached hydrogens (primary N) is 1. The van der Waals surface area contributed by atoms with Gasteiger partial charge in [-0.05, 0) is 18.4 Å². The average Bonchev–Trinajstić information content (AvgIpc) is 3.21. The van der Waals surface area contributed by atoms with Crippen LogP contribution in [0.15, 0.2) is 21.4 Å². The van der Waals surface area contributed by atoms with E-state index < -0.39 is 5.97 Å². The molecule has 0 aliphatic rings. The van der Waals surface area contributed by atoms with Crippen LogP contribution in [0.3, 0.4) is 0 Å². The molecule has 26 heavy (non-hydrogen) atoms. The van der Waals surface area contributed by atoms with Crippen LogP contribution in [-0.2, 0) is 17.5 Å². The molecule has 0 saturated heterocycles. The SMILES string of the molecule is CCOC(=O)c1sc(N)c(C#N)c1CSc1nc2ccsc2c(=O)n1C. The summed E-state index contributed by atoms with van der Waals surface area (Å²) in [6, 6.07) is 3.84. The summed E-state index contributed by atoms with van der Waals surface area (Å²) in [6.07, 6.45) is 0. The van der Waals surface area contributed by atoms with Crippen molar-refractivity contribution < 1.29 is 9.53 Å². The Balaban J connectivity index is 1.97. The smallest absolute Gasteiger partial charge is 0.348 e. The number of ether oxygens (including phenoxy) is 1. The van der Waals surface area contributed by atoms with Crippen LogP contribution < -0.4 is 11.3 Å². The number of rotatable bonds is 5. The van der Waals surface area contributed by atoms with Gasteiger partial charge in [0.05, 0.1) is 17.7 Å². The molecular weight excluding hydrogens is 392 g/mol. The van der Waals surface area contributed by atoms with E-state index in [9.17, 15) is 14.9 Å². The second kappa shape index (κ2) is 7.49. The van der Waals surface area contributed by atoms with Crippen LogP contribution in [0, 0.1) is 11.3 Å². The van der Waals surface area contributed by atoms with Crippen molar-refractivity contribution in [2.75, 3.05) is 12.3 Å². The number of esters is 1. The van der Waals surface area contributed by atoms with Crippen LogP contribution in [0.4, 0.5) is 5.00 Å². The first-order chi connectivity index (χ1) is 12.5. The number of carbonyl (C=O) groups excluding carboxylic acids is 1.